The third-order valence-electron chi connectivity index (χ3n) is 3.64. The minimum atomic E-state index is -0.203. The maximum Gasteiger partial charge on any atom is 0.115 e. The number of hydrogen-bond donors (Lipinski definition) is 2. The number of rotatable bonds is 4. The van der Waals surface area contributed by atoms with E-state index in [-0.39, 0.29) is 16.9 Å². The zero-order chi connectivity index (χ0) is 14.8. The second kappa shape index (κ2) is 5.55. The average Bonchev–Trinajstić information content (AvgIpc) is 2.39. The molecule has 20 heavy (non-hydrogen) atoms. The highest BCUT2D eigenvalue weighted by molar-refractivity contribution is 5.42. The number of nitrogens with zero attached hydrogens (tertiary/aromatic N) is 1. The zero-order valence-electron chi connectivity index (χ0n) is 12.2. The molecule has 0 aliphatic rings. The van der Waals surface area contributed by atoms with Gasteiger partial charge in [0.15, 0.2) is 0 Å². The Morgan fingerprint density at radius 3 is 1.45 bits per heavy atom. The first kappa shape index (κ1) is 14.4. The molecule has 3 nitrogen and oxygen atoms in total. The van der Waals surface area contributed by atoms with Gasteiger partial charge in [0.25, 0.3) is 0 Å². The average molecular weight is 271 g/mol. The topological polar surface area (TPSA) is 43.7 Å². The van der Waals surface area contributed by atoms with Crippen LogP contribution in [-0.2, 0) is 5.41 Å². The Balaban J connectivity index is 2.49. The molecule has 0 aromatic heterocycles. The van der Waals surface area contributed by atoms with Crippen molar-refractivity contribution in [1.29, 1.82) is 0 Å². The summed E-state index contributed by atoms with van der Waals surface area (Å²) in [4.78, 5) is 2.14. The van der Waals surface area contributed by atoms with Crippen molar-refractivity contribution < 1.29 is 10.2 Å². The summed E-state index contributed by atoms with van der Waals surface area (Å²) >= 11 is 0. The van der Waals surface area contributed by atoms with Crippen molar-refractivity contribution >= 4 is 0 Å². The molecule has 0 saturated heterocycles. The number of benzene rings is 2. The van der Waals surface area contributed by atoms with Gasteiger partial charge in [0.2, 0.25) is 0 Å². The Hall–Kier alpha value is -2.00. The molecule has 3 heteroatoms. The van der Waals surface area contributed by atoms with Crippen molar-refractivity contribution in [3.05, 3.63) is 59.7 Å². The summed E-state index contributed by atoms with van der Waals surface area (Å²) in [5.41, 5.74) is 2.06. The van der Waals surface area contributed by atoms with E-state index in [0.29, 0.717) is 0 Å². The van der Waals surface area contributed by atoms with Crippen LogP contribution in [0.25, 0.3) is 0 Å². The van der Waals surface area contributed by atoms with Crippen LogP contribution in [0.2, 0.25) is 0 Å². The largest absolute Gasteiger partial charge is 0.508 e. The highest BCUT2D eigenvalue weighted by Crippen LogP contribution is 2.34. The number of aromatic hydroxyl groups is 2. The predicted molar refractivity (Wildman–Crippen MR) is 81.2 cm³/mol. The first-order chi connectivity index (χ1) is 9.41. The molecular formula is C17H21NO2. The summed E-state index contributed by atoms with van der Waals surface area (Å²) < 4.78 is 0. The lowest BCUT2D eigenvalue weighted by molar-refractivity contribution is 0.331. The quantitative estimate of drug-likeness (QED) is 0.898. The van der Waals surface area contributed by atoms with Crippen molar-refractivity contribution in [2.75, 3.05) is 20.6 Å². The number of phenols is 2. The van der Waals surface area contributed by atoms with Gasteiger partial charge in [-0.3, -0.25) is 0 Å². The van der Waals surface area contributed by atoms with E-state index in [1.165, 1.54) is 0 Å². The minimum absolute atomic E-state index is 0.203. The Bertz CT molecular complexity index is 513. The van der Waals surface area contributed by atoms with Crippen LogP contribution in [-0.4, -0.2) is 35.8 Å². The molecule has 2 rings (SSSR count). The predicted octanol–water partition coefficient (Wildman–Crippen LogP) is 2.97. The van der Waals surface area contributed by atoms with Crippen LogP contribution < -0.4 is 0 Å². The van der Waals surface area contributed by atoms with Crippen LogP contribution in [0.15, 0.2) is 48.5 Å². The van der Waals surface area contributed by atoms with Crippen LogP contribution in [0.3, 0.4) is 0 Å². The summed E-state index contributed by atoms with van der Waals surface area (Å²) in [6, 6.07) is 14.6. The van der Waals surface area contributed by atoms with Crippen molar-refractivity contribution in [2.45, 2.75) is 12.3 Å². The number of phenolic OH excluding ortho intramolecular Hbond substituents is 2. The molecule has 0 heterocycles. The Kier molecular flexibility index (Phi) is 4.00. The molecule has 2 N–H and O–H groups in total. The van der Waals surface area contributed by atoms with E-state index in [9.17, 15) is 10.2 Å². The van der Waals surface area contributed by atoms with Gasteiger partial charge < -0.3 is 15.1 Å². The van der Waals surface area contributed by atoms with Crippen LogP contribution in [0.1, 0.15) is 18.1 Å². The summed E-state index contributed by atoms with van der Waals surface area (Å²) in [5.74, 6) is 0.540. The van der Waals surface area contributed by atoms with E-state index in [1.54, 1.807) is 24.3 Å². The first-order valence-electron chi connectivity index (χ1n) is 6.65. The van der Waals surface area contributed by atoms with Crippen molar-refractivity contribution in [3.8, 4) is 11.5 Å². The summed E-state index contributed by atoms with van der Waals surface area (Å²) in [5, 5.41) is 18.9. The highest BCUT2D eigenvalue weighted by Gasteiger charge is 2.29. The zero-order valence-corrected chi connectivity index (χ0v) is 12.2. The van der Waals surface area contributed by atoms with Gasteiger partial charge in [-0.15, -0.1) is 0 Å². The molecule has 0 unspecified atom stereocenters. The van der Waals surface area contributed by atoms with E-state index in [0.717, 1.165) is 17.7 Å². The molecular weight excluding hydrogens is 250 g/mol. The fourth-order valence-corrected chi connectivity index (χ4v) is 2.64. The van der Waals surface area contributed by atoms with Gasteiger partial charge in [-0.2, -0.15) is 0 Å². The highest BCUT2D eigenvalue weighted by atomic mass is 16.3. The summed E-state index contributed by atoms with van der Waals surface area (Å²) in [6.07, 6.45) is 0. The van der Waals surface area contributed by atoms with Crippen LogP contribution >= 0.6 is 0 Å². The molecule has 0 saturated carbocycles. The number of hydrogen-bond acceptors (Lipinski definition) is 3. The van der Waals surface area contributed by atoms with Crippen molar-refractivity contribution in [1.82, 2.24) is 4.90 Å². The van der Waals surface area contributed by atoms with E-state index in [2.05, 4.69) is 11.8 Å². The molecule has 0 bridgehead atoms. The van der Waals surface area contributed by atoms with Gasteiger partial charge in [-0.1, -0.05) is 31.2 Å². The molecule has 0 aliphatic heterocycles. The van der Waals surface area contributed by atoms with Crippen molar-refractivity contribution in [2.24, 2.45) is 0 Å². The third-order valence-corrected chi connectivity index (χ3v) is 3.64. The maximum atomic E-state index is 9.47. The second-order valence-corrected chi connectivity index (χ2v) is 5.66. The normalized spacial score (nSPS) is 11.8. The Morgan fingerprint density at radius 2 is 1.15 bits per heavy atom. The maximum absolute atomic E-state index is 9.47. The lowest BCUT2D eigenvalue weighted by Gasteiger charge is -2.34. The van der Waals surface area contributed by atoms with E-state index in [4.69, 9.17) is 0 Å². The molecule has 2 aromatic rings. The van der Waals surface area contributed by atoms with Crippen LogP contribution in [0.4, 0.5) is 0 Å². The first-order valence-corrected chi connectivity index (χ1v) is 6.65. The Labute approximate surface area is 120 Å². The third kappa shape index (κ3) is 2.94. The molecule has 0 aliphatic carbocycles. The van der Waals surface area contributed by atoms with Gasteiger partial charge in [0.05, 0.1) is 0 Å². The Morgan fingerprint density at radius 1 is 0.800 bits per heavy atom. The molecule has 0 spiro atoms. The van der Waals surface area contributed by atoms with Gasteiger partial charge in [-0.25, -0.2) is 0 Å². The van der Waals surface area contributed by atoms with Gasteiger partial charge in [-0.05, 0) is 49.5 Å². The molecule has 2 aromatic carbocycles. The van der Waals surface area contributed by atoms with Gasteiger partial charge in [0.1, 0.15) is 11.5 Å². The van der Waals surface area contributed by atoms with E-state index in [1.807, 2.05) is 38.4 Å². The second-order valence-electron chi connectivity index (χ2n) is 5.66. The lowest BCUT2D eigenvalue weighted by Crippen LogP contribution is -2.36. The van der Waals surface area contributed by atoms with Gasteiger partial charge >= 0.3 is 0 Å². The fraction of sp³-hybridized carbons (Fsp3) is 0.294. The molecule has 0 radical (unpaired) electrons. The van der Waals surface area contributed by atoms with Crippen LogP contribution in [0.5, 0.6) is 11.5 Å². The molecule has 0 fully saturated rings. The molecule has 0 amide bonds. The standard InChI is InChI=1S/C17H21NO2/c1-17(12-18(2)3,13-4-8-15(19)9-5-13)14-6-10-16(20)11-7-14/h4-11,19-20H,12H2,1-3H3. The monoisotopic (exact) mass is 271 g/mol. The fourth-order valence-electron chi connectivity index (χ4n) is 2.64. The van der Waals surface area contributed by atoms with E-state index >= 15 is 0 Å². The van der Waals surface area contributed by atoms with E-state index < -0.39 is 0 Å². The smallest absolute Gasteiger partial charge is 0.115 e. The van der Waals surface area contributed by atoms with Crippen molar-refractivity contribution in [3.63, 3.8) is 0 Å². The van der Waals surface area contributed by atoms with Gasteiger partial charge in [0, 0.05) is 12.0 Å². The summed E-state index contributed by atoms with van der Waals surface area (Å²) in [6.45, 7) is 3.01. The molecule has 0 atom stereocenters. The van der Waals surface area contributed by atoms with Crippen LogP contribution in [0, 0.1) is 0 Å². The summed E-state index contributed by atoms with van der Waals surface area (Å²) in [7, 11) is 4.08. The lowest BCUT2D eigenvalue weighted by atomic mass is 9.76. The SMILES string of the molecule is CN(C)CC(C)(c1ccc(O)cc1)c1ccc(O)cc1. The molecule has 106 valence electrons. The minimum Gasteiger partial charge on any atom is -0.508 e. The number of likely N-dealkylation sites (N-methyl/N-ethyl adjacent to an activating group) is 1.